The number of aryl methyl sites for hydroxylation is 2. The first-order valence-electron chi connectivity index (χ1n) is 10.2. The van der Waals surface area contributed by atoms with E-state index >= 15 is 0 Å². The number of carbonyl (C=O) groups is 1. The van der Waals surface area contributed by atoms with Gasteiger partial charge in [-0.2, -0.15) is 0 Å². The summed E-state index contributed by atoms with van der Waals surface area (Å²) >= 11 is 1.73. The molecule has 27 heavy (non-hydrogen) atoms. The first-order valence-corrected chi connectivity index (χ1v) is 11.1. The van der Waals surface area contributed by atoms with E-state index in [2.05, 4.69) is 24.1 Å². The molecule has 0 N–H and O–H groups in total. The number of thiazole rings is 1. The van der Waals surface area contributed by atoms with Crippen LogP contribution in [0.3, 0.4) is 0 Å². The van der Waals surface area contributed by atoms with Gasteiger partial charge in [-0.05, 0) is 51.1 Å². The van der Waals surface area contributed by atoms with Crippen molar-refractivity contribution in [3.8, 4) is 0 Å². The van der Waals surface area contributed by atoms with E-state index in [0.717, 1.165) is 23.5 Å². The Morgan fingerprint density at radius 1 is 1.11 bits per heavy atom. The predicted molar refractivity (Wildman–Crippen MR) is 111 cm³/mol. The average molecular weight is 384 g/mol. The highest BCUT2D eigenvalue weighted by atomic mass is 32.1. The van der Waals surface area contributed by atoms with Crippen molar-refractivity contribution in [1.82, 2.24) is 9.88 Å². The summed E-state index contributed by atoms with van der Waals surface area (Å²) in [6.07, 6.45) is 9.64. The lowest BCUT2D eigenvalue weighted by molar-refractivity contribution is -0.120. The standard InChI is InChI=1S/C22H29N3OS/c1-24(18-11-5-6-12-18)16-21(26)25(15-17-9-3-2-4-10-17)22-23-19-13-7-8-14-20(19)27-22/h2-4,9-10,18H,5-8,11-16H2,1H3. The van der Waals surface area contributed by atoms with Gasteiger partial charge >= 0.3 is 0 Å². The summed E-state index contributed by atoms with van der Waals surface area (Å²) in [4.78, 5) is 23.7. The molecule has 2 aromatic rings. The first kappa shape index (κ1) is 18.6. The van der Waals surface area contributed by atoms with Crippen molar-refractivity contribution < 1.29 is 4.79 Å². The molecule has 4 rings (SSSR count). The van der Waals surface area contributed by atoms with Crippen LogP contribution < -0.4 is 4.90 Å². The summed E-state index contributed by atoms with van der Waals surface area (Å²) in [6.45, 7) is 1.08. The molecule has 1 fully saturated rings. The molecule has 2 aliphatic carbocycles. The molecule has 0 radical (unpaired) electrons. The number of benzene rings is 1. The van der Waals surface area contributed by atoms with Crippen LogP contribution in [0.4, 0.5) is 5.13 Å². The quantitative estimate of drug-likeness (QED) is 0.740. The van der Waals surface area contributed by atoms with E-state index in [-0.39, 0.29) is 5.91 Å². The van der Waals surface area contributed by atoms with Crippen LogP contribution in [-0.2, 0) is 24.2 Å². The molecule has 1 saturated carbocycles. The van der Waals surface area contributed by atoms with Gasteiger partial charge in [0.25, 0.3) is 0 Å². The third kappa shape index (κ3) is 4.41. The van der Waals surface area contributed by atoms with Gasteiger partial charge in [0.05, 0.1) is 18.8 Å². The number of hydrogen-bond donors (Lipinski definition) is 0. The van der Waals surface area contributed by atoms with Gasteiger partial charge < -0.3 is 0 Å². The Bertz CT molecular complexity index is 744. The maximum atomic E-state index is 13.3. The zero-order valence-corrected chi connectivity index (χ0v) is 17.0. The molecular weight excluding hydrogens is 354 g/mol. The summed E-state index contributed by atoms with van der Waals surface area (Å²) in [5.74, 6) is 0.166. The molecule has 1 aromatic heterocycles. The number of nitrogens with zero attached hydrogens (tertiary/aromatic N) is 3. The van der Waals surface area contributed by atoms with Crippen molar-refractivity contribution in [3.05, 3.63) is 46.5 Å². The first-order chi connectivity index (χ1) is 13.2. The van der Waals surface area contributed by atoms with Crippen molar-refractivity contribution in [2.45, 2.75) is 64.0 Å². The van der Waals surface area contributed by atoms with Crippen LogP contribution in [0.2, 0.25) is 0 Å². The monoisotopic (exact) mass is 383 g/mol. The van der Waals surface area contributed by atoms with Crippen LogP contribution in [0.15, 0.2) is 30.3 Å². The Hall–Kier alpha value is -1.72. The number of fused-ring (bicyclic) bond motifs is 1. The summed E-state index contributed by atoms with van der Waals surface area (Å²) in [6, 6.07) is 10.8. The molecule has 0 unspecified atom stereocenters. The number of amides is 1. The van der Waals surface area contributed by atoms with Crippen LogP contribution in [0.25, 0.3) is 0 Å². The normalized spacial score (nSPS) is 17.3. The number of hydrogen-bond acceptors (Lipinski definition) is 4. The molecule has 2 aliphatic rings. The van der Waals surface area contributed by atoms with E-state index < -0.39 is 0 Å². The lowest BCUT2D eigenvalue weighted by Crippen LogP contribution is -2.42. The SMILES string of the molecule is CN(CC(=O)N(Cc1ccccc1)c1nc2c(s1)CCCC2)C1CCCC1. The highest BCUT2D eigenvalue weighted by molar-refractivity contribution is 7.15. The Labute approximate surface area is 166 Å². The van der Waals surface area contributed by atoms with Crippen molar-refractivity contribution in [2.24, 2.45) is 0 Å². The largest absolute Gasteiger partial charge is 0.295 e. The molecule has 0 atom stereocenters. The number of anilines is 1. The summed E-state index contributed by atoms with van der Waals surface area (Å²) in [5.41, 5.74) is 2.37. The van der Waals surface area contributed by atoms with Crippen LogP contribution in [0.1, 0.15) is 54.7 Å². The molecule has 0 saturated heterocycles. The smallest absolute Gasteiger partial charge is 0.243 e. The van der Waals surface area contributed by atoms with Gasteiger partial charge in [-0.3, -0.25) is 14.6 Å². The molecule has 0 spiro atoms. The van der Waals surface area contributed by atoms with E-state index in [1.165, 1.54) is 49.1 Å². The van der Waals surface area contributed by atoms with Gasteiger partial charge in [0.15, 0.2) is 5.13 Å². The van der Waals surface area contributed by atoms with Gasteiger partial charge in [-0.25, -0.2) is 4.98 Å². The van der Waals surface area contributed by atoms with E-state index in [1.807, 2.05) is 23.1 Å². The zero-order chi connectivity index (χ0) is 18.6. The molecule has 0 aliphatic heterocycles. The number of carbonyl (C=O) groups excluding carboxylic acids is 1. The van der Waals surface area contributed by atoms with Gasteiger partial charge in [-0.1, -0.05) is 43.2 Å². The van der Waals surface area contributed by atoms with Crippen LogP contribution in [0.5, 0.6) is 0 Å². The summed E-state index contributed by atoms with van der Waals surface area (Å²) in [7, 11) is 2.10. The fraction of sp³-hybridized carbons (Fsp3) is 0.545. The van der Waals surface area contributed by atoms with Gasteiger partial charge in [-0.15, -0.1) is 11.3 Å². The van der Waals surface area contributed by atoms with Crippen molar-refractivity contribution >= 4 is 22.4 Å². The minimum Gasteiger partial charge on any atom is -0.295 e. The Balaban J connectivity index is 1.55. The summed E-state index contributed by atoms with van der Waals surface area (Å²) < 4.78 is 0. The number of likely N-dealkylation sites (N-methyl/N-ethyl adjacent to an activating group) is 1. The molecule has 0 bridgehead atoms. The topological polar surface area (TPSA) is 36.4 Å². The van der Waals surface area contributed by atoms with Crippen molar-refractivity contribution in [2.75, 3.05) is 18.5 Å². The van der Waals surface area contributed by atoms with E-state index in [9.17, 15) is 4.79 Å². The summed E-state index contributed by atoms with van der Waals surface area (Å²) in [5, 5.41) is 0.885. The average Bonchev–Trinajstić information content (AvgIpc) is 3.36. The van der Waals surface area contributed by atoms with Crippen LogP contribution in [-0.4, -0.2) is 35.4 Å². The van der Waals surface area contributed by atoms with Crippen LogP contribution in [0, 0.1) is 0 Å². The van der Waals surface area contributed by atoms with Crippen molar-refractivity contribution in [3.63, 3.8) is 0 Å². The van der Waals surface area contributed by atoms with E-state index in [1.54, 1.807) is 11.3 Å². The second-order valence-corrected chi connectivity index (χ2v) is 8.95. The molecule has 1 amide bonds. The highest BCUT2D eigenvalue weighted by Crippen LogP contribution is 2.33. The van der Waals surface area contributed by atoms with Crippen molar-refractivity contribution in [1.29, 1.82) is 0 Å². The zero-order valence-electron chi connectivity index (χ0n) is 16.2. The molecule has 144 valence electrons. The predicted octanol–water partition coefficient (Wildman–Crippen LogP) is 4.43. The fourth-order valence-electron chi connectivity index (χ4n) is 4.26. The van der Waals surface area contributed by atoms with E-state index in [4.69, 9.17) is 4.98 Å². The Kier molecular flexibility index (Phi) is 5.89. The Morgan fingerprint density at radius 3 is 2.59 bits per heavy atom. The maximum Gasteiger partial charge on any atom is 0.243 e. The van der Waals surface area contributed by atoms with Gasteiger partial charge in [0.2, 0.25) is 5.91 Å². The molecule has 5 heteroatoms. The number of rotatable bonds is 6. The Morgan fingerprint density at radius 2 is 1.85 bits per heavy atom. The second kappa shape index (κ2) is 8.53. The molecular formula is C22H29N3OS. The molecule has 4 nitrogen and oxygen atoms in total. The number of aromatic nitrogens is 1. The van der Waals surface area contributed by atoms with Gasteiger partial charge in [0, 0.05) is 10.9 Å². The van der Waals surface area contributed by atoms with E-state index in [0.29, 0.717) is 19.1 Å². The minimum atomic E-state index is 0.166. The highest BCUT2D eigenvalue weighted by Gasteiger charge is 2.27. The van der Waals surface area contributed by atoms with Crippen LogP contribution >= 0.6 is 11.3 Å². The fourth-order valence-corrected chi connectivity index (χ4v) is 5.42. The maximum absolute atomic E-state index is 13.3. The lowest BCUT2D eigenvalue weighted by atomic mass is 10.0. The minimum absolute atomic E-state index is 0.166. The third-order valence-electron chi connectivity index (χ3n) is 5.88. The van der Waals surface area contributed by atoms with Gasteiger partial charge in [0.1, 0.15) is 0 Å². The molecule has 1 heterocycles. The third-order valence-corrected chi connectivity index (χ3v) is 7.06. The lowest BCUT2D eigenvalue weighted by Gasteiger charge is -2.27. The molecule has 1 aromatic carbocycles. The second-order valence-electron chi connectivity index (χ2n) is 7.89.